The molecule has 1 aliphatic heterocycles. The number of hydrogen-bond donors (Lipinski definition) is 2. The molecule has 1 saturated heterocycles. The van der Waals surface area contributed by atoms with E-state index in [1.807, 2.05) is 0 Å². The van der Waals surface area contributed by atoms with E-state index in [1.54, 1.807) is 0 Å². The van der Waals surface area contributed by atoms with Crippen molar-refractivity contribution in [3.8, 4) is 0 Å². The normalized spacial score (nSPS) is 24.2. The van der Waals surface area contributed by atoms with Gasteiger partial charge < -0.3 is 15.8 Å². The molecular weight excluding hydrogens is 216 g/mol. The second-order valence-electron chi connectivity index (χ2n) is 5.16. The molecule has 1 fully saturated rings. The molecule has 0 aromatic carbocycles. The van der Waals surface area contributed by atoms with Crippen molar-refractivity contribution < 1.29 is 4.74 Å². The Labute approximate surface area is 102 Å². The van der Waals surface area contributed by atoms with Gasteiger partial charge in [0.1, 0.15) is 18.0 Å². The molecular formula is C12H20N4O. The van der Waals surface area contributed by atoms with Crippen molar-refractivity contribution in [3.05, 3.63) is 11.9 Å². The van der Waals surface area contributed by atoms with E-state index < -0.39 is 0 Å². The number of nitrogens with two attached hydrogens (primary N) is 1. The number of hydrogen-bond acceptors (Lipinski definition) is 5. The number of rotatable bonds is 3. The van der Waals surface area contributed by atoms with Crippen LogP contribution in [0.15, 0.2) is 6.33 Å². The second kappa shape index (κ2) is 4.49. The topological polar surface area (TPSA) is 73.1 Å². The van der Waals surface area contributed by atoms with Crippen molar-refractivity contribution in [3.63, 3.8) is 0 Å². The summed E-state index contributed by atoms with van der Waals surface area (Å²) in [6.07, 6.45) is 2.48. The van der Waals surface area contributed by atoms with Crippen molar-refractivity contribution in [1.82, 2.24) is 9.97 Å². The first-order valence-corrected chi connectivity index (χ1v) is 5.98. The zero-order valence-corrected chi connectivity index (χ0v) is 10.7. The van der Waals surface area contributed by atoms with Crippen LogP contribution in [0.2, 0.25) is 0 Å². The summed E-state index contributed by atoms with van der Waals surface area (Å²) in [6.45, 7) is 7.82. The van der Waals surface area contributed by atoms with Crippen LogP contribution in [0.25, 0.3) is 0 Å². The summed E-state index contributed by atoms with van der Waals surface area (Å²) in [5.74, 6) is 1.69. The van der Waals surface area contributed by atoms with Gasteiger partial charge in [-0.25, -0.2) is 9.97 Å². The predicted octanol–water partition coefficient (Wildman–Crippen LogP) is 1.77. The average Bonchev–Trinajstić information content (AvgIpc) is 2.64. The van der Waals surface area contributed by atoms with E-state index in [4.69, 9.17) is 10.5 Å². The largest absolute Gasteiger partial charge is 0.383 e. The molecule has 0 radical (unpaired) electrons. The van der Waals surface area contributed by atoms with Gasteiger partial charge >= 0.3 is 0 Å². The van der Waals surface area contributed by atoms with E-state index >= 15 is 0 Å². The van der Waals surface area contributed by atoms with Gasteiger partial charge in [0.2, 0.25) is 0 Å². The first-order chi connectivity index (χ1) is 8.02. The summed E-state index contributed by atoms with van der Waals surface area (Å²) in [5.41, 5.74) is 6.85. The fraction of sp³-hybridized carbons (Fsp3) is 0.667. The fourth-order valence-corrected chi connectivity index (χ4v) is 2.13. The van der Waals surface area contributed by atoms with Crippen LogP contribution in [0.5, 0.6) is 0 Å². The number of nitrogens with one attached hydrogen (secondary N) is 1. The van der Waals surface area contributed by atoms with Gasteiger partial charge in [0.05, 0.1) is 12.1 Å². The highest BCUT2D eigenvalue weighted by Crippen LogP contribution is 2.30. The summed E-state index contributed by atoms with van der Waals surface area (Å²) in [6, 6.07) is 0. The molecule has 0 amide bonds. The average molecular weight is 236 g/mol. The minimum atomic E-state index is -0.0512. The van der Waals surface area contributed by atoms with Gasteiger partial charge in [-0.2, -0.15) is 0 Å². The van der Waals surface area contributed by atoms with Crippen molar-refractivity contribution in [2.24, 2.45) is 0 Å². The Balaban J connectivity index is 2.29. The number of ether oxygens (including phenoxy) is 1. The number of nitrogens with zero attached hydrogens (tertiary/aromatic N) is 2. The molecule has 17 heavy (non-hydrogen) atoms. The van der Waals surface area contributed by atoms with Gasteiger partial charge in [-0.05, 0) is 19.3 Å². The number of nitrogen functional groups attached to an aromatic ring is 1. The Bertz CT molecular complexity index is 399. The molecule has 5 nitrogen and oxygen atoms in total. The van der Waals surface area contributed by atoms with Gasteiger partial charge in [-0.3, -0.25) is 0 Å². The maximum Gasteiger partial charge on any atom is 0.135 e. The Morgan fingerprint density at radius 1 is 1.47 bits per heavy atom. The van der Waals surface area contributed by atoms with Gasteiger partial charge in [-0.15, -0.1) is 0 Å². The van der Waals surface area contributed by atoms with Crippen LogP contribution in [0.3, 0.4) is 0 Å². The third kappa shape index (κ3) is 2.49. The summed E-state index contributed by atoms with van der Waals surface area (Å²) in [7, 11) is 0. The summed E-state index contributed by atoms with van der Waals surface area (Å²) < 4.78 is 5.43. The van der Waals surface area contributed by atoms with Gasteiger partial charge in [-0.1, -0.05) is 13.8 Å². The van der Waals surface area contributed by atoms with E-state index in [-0.39, 0.29) is 5.54 Å². The van der Waals surface area contributed by atoms with E-state index in [0.29, 0.717) is 18.3 Å². The lowest BCUT2D eigenvalue weighted by Crippen LogP contribution is -2.36. The minimum Gasteiger partial charge on any atom is -0.383 e. The van der Waals surface area contributed by atoms with E-state index in [0.717, 1.165) is 24.4 Å². The van der Waals surface area contributed by atoms with Crippen LogP contribution in [-0.2, 0) is 4.74 Å². The third-order valence-corrected chi connectivity index (χ3v) is 3.13. The quantitative estimate of drug-likeness (QED) is 0.836. The Hall–Kier alpha value is -1.36. The molecule has 1 unspecified atom stereocenters. The van der Waals surface area contributed by atoms with Crippen molar-refractivity contribution in [1.29, 1.82) is 0 Å². The molecule has 1 aliphatic rings. The summed E-state index contributed by atoms with van der Waals surface area (Å²) in [4.78, 5) is 8.37. The van der Waals surface area contributed by atoms with Crippen LogP contribution in [0.4, 0.5) is 11.6 Å². The molecule has 0 bridgehead atoms. The van der Waals surface area contributed by atoms with Gasteiger partial charge in [0.15, 0.2) is 0 Å². The zero-order valence-electron chi connectivity index (χ0n) is 10.7. The molecule has 0 spiro atoms. The van der Waals surface area contributed by atoms with Gasteiger partial charge in [0.25, 0.3) is 0 Å². The van der Waals surface area contributed by atoms with E-state index in [2.05, 4.69) is 36.1 Å². The Kier molecular flexibility index (Phi) is 3.19. The maximum atomic E-state index is 5.92. The van der Waals surface area contributed by atoms with Crippen molar-refractivity contribution in [2.45, 2.75) is 38.6 Å². The molecule has 2 rings (SSSR count). The standard InChI is InChI=1S/C12H20N4O/c1-8(2)9-10(13)14-7-15-11(9)16-12(3)4-5-17-6-12/h7-8H,4-6H2,1-3H3,(H3,13,14,15,16). The molecule has 5 heteroatoms. The highest BCUT2D eigenvalue weighted by atomic mass is 16.5. The van der Waals surface area contributed by atoms with Gasteiger partial charge in [0, 0.05) is 12.2 Å². The lowest BCUT2D eigenvalue weighted by atomic mass is 9.99. The monoisotopic (exact) mass is 236 g/mol. The third-order valence-electron chi connectivity index (χ3n) is 3.13. The lowest BCUT2D eigenvalue weighted by Gasteiger charge is -2.26. The molecule has 1 aromatic heterocycles. The summed E-state index contributed by atoms with van der Waals surface area (Å²) in [5, 5.41) is 3.45. The van der Waals surface area contributed by atoms with Crippen LogP contribution >= 0.6 is 0 Å². The van der Waals surface area contributed by atoms with E-state index in [9.17, 15) is 0 Å². The first kappa shape index (κ1) is 12.1. The highest BCUT2D eigenvalue weighted by Gasteiger charge is 2.31. The van der Waals surface area contributed by atoms with Crippen molar-refractivity contribution in [2.75, 3.05) is 24.3 Å². The number of aromatic nitrogens is 2. The second-order valence-corrected chi connectivity index (χ2v) is 5.16. The van der Waals surface area contributed by atoms with Crippen LogP contribution in [0, 0.1) is 0 Å². The van der Waals surface area contributed by atoms with E-state index in [1.165, 1.54) is 6.33 Å². The molecule has 3 N–H and O–H groups in total. The SMILES string of the molecule is CC(C)c1c(N)ncnc1NC1(C)CCOC1. The first-order valence-electron chi connectivity index (χ1n) is 5.98. The zero-order chi connectivity index (χ0) is 12.5. The van der Waals surface area contributed by atoms with Crippen LogP contribution < -0.4 is 11.1 Å². The molecule has 1 aromatic rings. The Morgan fingerprint density at radius 2 is 2.24 bits per heavy atom. The fourth-order valence-electron chi connectivity index (χ4n) is 2.13. The molecule has 2 heterocycles. The predicted molar refractivity (Wildman–Crippen MR) is 68.0 cm³/mol. The Morgan fingerprint density at radius 3 is 2.82 bits per heavy atom. The molecule has 94 valence electrons. The minimum absolute atomic E-state index is 0.0512. The maximum absolute atomic E-state index is 5.92. The smallest absolute Gasteiger partial charge is 0.135 e. The molecule has 0 aliphatic carbocycles. The molecule has 0 saturated carbocycles. The molecule has 1 atom stereocenters. The number of anilines is 2. The summed E-state index contributed by atoms with van der Waals surface area (Å²) >= 11 is 0. The van der Waals surface area contributed by atoms with Crippen molar-refractivity contribution >= 4 is 11.6 Å². The lowest BCUT2D eigenvalue weighted by molar-refractivity contribution is 0.185. The van der Waals surface area contributed by atoms with Crippen LogP contribution in [-0.4, -0.2) is 28.7 Å². The highest BCUT2D eigenvalue weighted by molar-refractivity contribution is 5.57. The van der Waals surface area contributed by atoms with Crippen LogP contribution in [0.1, 0.15) is 38.7 Å².